The van der Waals surface area contributed by atoms with Gasteiger partial charge >= 0.3 is 0 Å². The zero-order chi connectivity index (χ0) is 17.1. The summed E-state index contributed by atoms with van der Waals surface area (Å²) in [6, 6.07) is 13.6. The van der Waals surface area contributed by atoms with Crippen molar-refractivity contribution >= 4 is 17.2 Å². The predicted molar refractivity (Wildman–Crippen MR) is 97.7 cm³/mol. The maximum absolute atomic E-state index is 12.6. The summed E-state index contributed by atoms with van der Waals surface area (Å²) in [5, 5.41) is 9.47. The number of nitrogens with zero attached hydrogens (tertiary/aromatic N) is 2. The second-order valence-corrected chi connectivity index (χ2v) is 7.12. The summed E-state index contributed by atoms with van der Waals surface area (Å²) in [6.45, 7) is 6.24. The van der Waals surface area contributed by atoms with Crippen LogP contribution in [0, 0.1) is 12.8 Å². The lowest BCUT2D eigenvalue weighted by molar-refractivity contribution is 0.0926. The second-order valence-electron chi connectivity index (χ2n) is 6.14. The van der Waals surface area contributed by atoms with E-state index in [-0.39, 0.29) is 11.9 Å². The lowest BCUT2D eigenvalue weighted by Gasteiger charge is -2.21. The molecule has 0 saturated carbocycles. The molecule has 0 saturated heterocycles. The Balaban J connectivity index is 1.76. The summed E-state index contributed by atoms with van der Waals surface area (Å²) in [5.74, 6) is 0.282. The van der Waals surface area contributed by atoms with Crippen LogP contribution in [0.2, 0.25) is 0 Å². The van der Waals surface area contributed by atoms with Crippen LogP contribution in [-0.2, 0) is 0 Å². The number of carbonyl (C=O) groups excluding carboxylic acids is 1. The topological polar surface area (TPSA) is 46.9 Å². The molecule has 0 aliphatic heterocycles. The first-order chi connectivity index (χ1) is 11.6. The number of aryl methyl sites for hydroxylation is 1. The molecule has 2 aromatic heterocycles. The third kappa shape index (κ3) is 3.41. The quantitative estimate of drug-likeness (QED) is 0.750. The first-order valence-corrected chi connectivity index (χ1v) is 8.89. The summed E-state index contributed by atoms with van der Waals surface area (Å²) in [4.78, 5) is 13.8. The Morgan fingerprint density at radius 2 is 1.92 bits per heavy atom. The molecule has 0 fully saturated rings. The Morgan fingerprint density at radius 3 is 2.46 bits per heavy atom. The molecule has 2 heterocycles. The molecule has 0 spiro atoms. The fourth-order valence-corrected chi connectivity index (χ4v) is 3.60. The number of carbonyl (C=O) groups is 1. The molecule has 1 amide bonds. The molecule has 4 nitrogen and oxygen atoms in total. The van der Waals surface area contributed by atoms with Gasteiger partial charge in [0.1, 0.15) is 0 Å². The van der Waals surface area contributed by atoms with Crippen LogP contribution in [0.5, 0.6) is 0 Å². The van der Waals surface area contributed by atoms with Crippen LogP contribution >= 0.6 is 11.3 Å². The molecule has 5 heteroatoms. The van der Waals surface area contributed by atoms with Gasteiger partial charge in [0.2, 0.25) is 0 Å². The fraction of sp³-hybridized carbons (Fsp3) is 0.263. The van der Waals surface area contributed by atoms with Crippen LogP contribution in [0.4, 0.5) is 0 Å². The third-order valence-corrected chi connectivity index (χ3v) is 4.96. The van der Waals surface area contributed by atoms with Crippen molar-refractivity contribution in [2.45, 2.75) is 26.8 Å². The average molecular weight is 339 g/mol. The number of rotatable bonds is 5. The maximum Gasteiger partial charge on any atom is 0.251 e. The predicted octanol–water partition coefficient (Wildman–Crippen LogP) is 4.37. The number of hydrogen-bond acceptors (Lipinski definition) is 3. The maximum atomic E-state index is 12.6. The molecule has 0 unspecified atom stereocenters. The standard InChI is InChI=1S/C19H21N3OS/c1-13(2)18(17-5-4-12-24-17)21-19(23)15-6-8-16(9-7-15)22-14(3)10-11-20-22/h4-13,18H,1-3H3,(H,21,23)/t18-/m1/s1. The lowest BCUT2D eigenvalue weighted by atomic mass is 10.0. The molecule has 1 N–H and O–H groups in total. The third-order valence-electron chi connectivity index (χ3n) is 4.01. The largest absolute Gasteiger partial charge is 0.344 e. The molecule has 0 bridgehead atoms. The van der Waals surface area contributed by atoms with E-state index in [2.05, 4.69) is 30.3 Å². The molecule has 0 aliphatic rings. The van der Waals surface area contributed by atoms with Gasteiger partial charge in [-0.25, -0.2) is 4.68 Å². The van der Waals surface area contributed by atoms with Crippen LogP contribution in [0.15, 0.2) is 54.0 Å². The van der Waals surface area contributed by atoms with Gasteiger partial charge in [0.05, 0.1) is 11.7 Å². The van der Waals surface area contributed by atoms with Crippen molar-refractivity contribution in [3.63, 3.8) is 0 Å². The molecule has 0 aliphatic carbocycles. The summed E-state index contributed by atoms with van der Waals surface area (Å²) >= 11 is 1.67. The number of benzene rings is 1. The van der Waals surface area contributed by atoms with E-state index in [0.29, 0.717) is 11.5 Å². The van der Waals surface area contributed by atoms with Crippen LogP contribution < -0.4 is 5.32 Å². The Morgan fingerprint density at radius 1 is 1.17 bits per heavy atom. The first kappa shape index (κ1) is 16.5. The zero-order valence-electron chi connectivity index (χ0n) is 14.1. The van der Waals surface area contributed by atoms with Gasteiger partial charge in [-0.2, -0.15) is 5.10 Å². The molecule has 0 radical (unpaired) electrons. The minimum Gasteiger partial charge on any atom is -0.344 e. The van der Waals surface area contributed by atoms with Gasteiger partial charge in [-0.3, -0.25) is 4.79 Å². The zero-order valence-corrected chi connectivity index (χ0v) is 14.9. The van der Waals surface area contributed by atoms with Gasteiger partial charge in [-0.05, 0) is 54.6 Å². The van der Waals surface area contributed by atoms with E-state index < -0.39 is 0 Å². The fourth-order valence-electron chi connectivity index (χ4n) is 2.65. The minimum absolute atomic E-state index is 0.0329. The van der Waals surface area contributed by atoms with E-state index >= 15 is 0 Å². The van der Waals surface area contributed by atoms with Crippen molar-refractivity contribution in [1.29, 1.82) is 0 Å². The molecule has 24 heavy (non-hydrogen) atoms. The number of amides is 1. The van der Waals surface area contributed by atoms with E-state index in [1.165, 1.54) is 4.88 Å². The Bertz CT molecular complexity index is 804. The van der Waals surface area contributed by atoms with E-state index in [4.69, 9.17) is 0 Å². The second kappa shape index (κ2) is 7.01. The van der Waals surface area contributed by atoms with Gasteiger partial charge in [0.15, 0.2) is 0 Å². The Labute approximate surface area is 146 Å². The lowest BCUT2D eigenvalue weighted by Crippen LogP contribution is -2.31. The Kier molecular flexibility index (Phi) is 4.81. The Hall–Kier alpha value is -2.40. The van der Waals surface area contributed by atoms with Crippen LogP contribution in [0.3, 0.4) is 0 Å². The van der Waals surface area contributed by atoms with Gasteiger partial charge in [0, 0.05) is 22.3 Å². The normalized spacial score (nSPS) is 12.3. The molecular formula is C19H21N3OS. The van der Waals surface area contributed by atoms with Crippen LogP contribution in [0.25, 0.3) is 5.69 Å². The average Bonchev–Trinajstić information content (AvgIpc) is 3.24. The summed E-state index contributed by atoms with van der Waals surface area (Å²) < 4.78 is 1.85. The van der Waals surface area contributed by atoms with E-state index in [1.54, 1.807) is 17.5 Å². The van der Waals surface area contributed by atoms with Crippen molar-refractivity contribution < 1.29 is 4.79 Å². The van der Waals surface area contributed by atoms with Crippen molar-refractivity contribution in [2.24, 2.45) is 5.92 Å². The van der Waals surface area contributed by atoms with Crippen molar-refractivity contribution in [3.05, 3.63) is 70.2 Å². The highest BCUT2D eigenvalue weighted by atomic mass is 32.1. The summed E-state index contributed by atoms with van der Waals surface area (Å²) in [7, 11) is 0. The molecule has 1 atom stereocenters. The van der Waals surface area contributed by atoms with Gasteiger partial charge in [-0.1, -0.05) is 19.9 Å². The molecule has 3 rings (SSSR count). The summed E-state index contributed by atoms with van der Waals surface area (Å²) in [6.07, 6.45) is 1.77. The van der Waals surface area contributed by atoms with Gasteiger partial charge in [-0.15, -0.1) is 11.3 Å². The van der Waals surface area contributed by atoms with Crippen molar-refractivity contribution in [1.82, 2.24) is 15.1 Å². The summed E-state index contributed by atoms with van der Waals surface area (Å²) in [5.41, 5.74) is 2.67. The first-order valence-electron chi connectivity index (χ1n) is 8.01. The molecular weight excluding hydrogens is 318 g/mol. The molecule has 124 valence electrons. The van der Waals surface area contributed by atoms with Crippen molar-refractivity contribution in [2.75, 3.05) is 0 Å². The molecule has 3 aromatic rings. The van der Waals surface area contributed by atoms with Gasteiger partial charge < -0.3 is 5.32 Å². The number of aromatic nitrogens is 2. The van der Waals surface area contributed by atoms with Gasteiger partial charge in [0.25, 0.3) is 5.91 Å². The highest BCUT2D eigenvalue weighted by molar-refractivity contribution is 7.10. The van der Waals surface area contributed by atoms with Crippen LogP contribution in [-0.4, -0.2) is 15.7 Å². The van der Waals surface area contributed by atoms with Crippen molar-refractivity contribution in [3.8, 4) is 5.69 Å². The van der Waals surface area contributed by atoms with E-state index in [1.807, 2.05) is 53.4 Å². The smallest absolute Gasteiger partial charge is 0.251 e. The number of hydrogen-bond donors (Lipinski definition) is 1. The van der Waals surface area contributed by atoms with Crippen LogP contribution in [0.1, 0.15) is 40.8 Å². The monoisotopic (exact) mass is 339 g/mol. The number of thiophene rings is 1. The van der Waals surface area contributed by atoms with E-state index in [9.17, 15) is 4.79 Å². The highest BCUT2D eigenvalue weighted by Crippen LogP contribution is 2.26. The SMILES string of the molecule is Cc1ccnn1-c1ccc(C(=O)N[C@@H](c2cccs2)C(C)C)cc1. The minimum atomic E-state index is -0.0502. The van der Waals surface area contributed by atoms with E-state index in [0.717, 1.165) is 11.4 Å². The molecule has 1 aromatic carbocycles. The number of nitrogens with one attached hydrogen (secondary N) is 1. The highest BCUT2D eigenvalue weighted by Gasteiger charge is 2.20.